The summed E-state index contributed by atoms with van der Waals surface area (Å²) in [6, 6.07) is 7.61. The van der Waals surface area contributed by atoms with Crippen molar-refractivity contribution in [3.05, 3.63) is 75.7 Å². The molecule has 0 spiro atoms. The molecule has 0 saturated carbocycles. The summed E-state index contributed by atoms with van der Waals surface area (Å²) in [6.07, 6.45) is 3.00. The molecule has 5 nitrogen and oxygen atoms in total. The predicted octanol–water partition coefficient (Wildman–Crippen LogP) is 4.48. The number of hydrogen-bond donors (Lipinski definition) is 0. The first-order valence-electron chi connectivity index (χ1n) is 11.1. The fourth-order valence-electron chi connectivity index (χ4n) is 5.66. The van der Waals surface area contributed by atoms with Crippen LogP contribution in [0.15, 0.2) is 30.3 Å². The van der Waals surface area contributed by atoms with Gasteiger partial charge in [0.15, 0.2) is 17.5 Å². The Morgan fingerprint density at radius 3 is 2.67 bits per heavy atom. The maximum Gasteiger partial charge on any atom is 0.254 e. The van der Waals surface area contributed by atoms with Gasteiger partial charge in [-0.15, -0.1) is 0 Å². The molecule has 8 heteroatoms. The number of aryl methyl sites for hydroxylation is 1. The van der Waals surface area contributed by atoms with E-state index in [1.807, 2.05) is 23.1 Å². The Kier molecular flexibility index (Phi) is 4.62. The van der Waals surface area contributed by atoms with E-state index in [0.29, 0.717) is 30.9 Å². The molecule has 2 bridgehead atoms. The van der Waals surface area contributed by atoms with E-state index in [1.165, 1.54) is 5.56 Å². The molecule has 2 atom stereocenters. The fraction of sp³-hybridized carbons (Fsp3) is 0.360. The summed E-state index contributed by atoms with van der Waals surface area (Å²) in [5.74, 6) is -3.98. The molecule has 0 unspecified atom stereocenters. The third-order valence-corrected chi connectivity index (χ3v) is 7.15. The Morgan fingerprint density at radius 1 is 1.09 bits per heavy atom. The fourth-order valence-corrected chi connectivity index (χ4v) is 5.66. The van der Waals surface area contributed by atoms with E-state index in [0.717, 1.165) is 48.2 Å². The second-order valence-electron chi connectivity index (χ2n) is 9.04. The van der Waals surface area contributed by atoms with E-state index in [9.17, 15) is 18.0 Å². The molecule has 3 aliphatic rings. The number of carbonyl (C=O) groups is 1. The lowest BCUT2D eigenvalue weighted by Crippen LogP contribution is -2.42. The van der Waals surface area contributed by atoms with Crippen LogP contribution in [-0.4, -0.2) is 33.2 Å². The molecular formula is C25H22F3N3O2. The van der Waals surface area contributed by atoms with Gasteiger partial charge >= 0.3 is 0 Å². The molecule has 33 heavy (non-hydrogen) atoms. The highest BCUT2D eigenvalue weighted by atomic mass is 19.2. The van der Waals surface area contributed by atoms with E-state index in [-0.39, 0.29) is 23.6 Å². The molecule has 1 aromatic heterocycles. The predicted molar refractivity (Wildman–Crippen MR) is 114 cm³/mol. The van der Waals surface area contributed by atoms with E-state index in [1.54, 1.807) is 11.7 Å². The summed E-state index contributed by atoms with van der Waals surface area (Å²) < 4.78 is 48.5. The number of carbonyl (C=O) groups excluding carboxylic acids is 1. The van der Waals surface area contributed by atoms with Gasteiger partial charge in [0.05, 0.1) is 30.6 Å². The number of hydrogen-bond acceptors (Lipinski definition) is 3. The molecule has 0 radical (unpaired) electrons. The first kappa shape index (κ1) is 20.5. The van der Waals surface area contributed by atoms with E-state index >= 15 is 0 Å². The Labute approximate surface area is 188 Å². The van der Waals surface area contributed by atoms with Crippen molar-refractivity contribution in [1.82, 2.24) is 14.7 Å². The summed E-state index contributed by atoms with van der Waals surface area (Å²) >= 11 is 0. The molecule has 1 fully saturated rings. The van der Waals surface area contributed by atoms with Crippen molar-refractivity contribution < 1.29 is 22.7 Å². The van der Waals surface area contributed by atoms with Crippen LogP contribution in [-0.2, 0) is 31.2 Å². The van der Waals surface area contributed by atoms with Crippen molar-refractivity contribution in [1.29, 1.82) is 0 Å². The molecule has 0 aliphatic carbocycles. The zero-order valence-electron chi connectivity index (χ0n) is 18.1. The lowest BCUT2D eigenvalue weighted by molar-refractivity contribution is 0.0641. The van der Waals surface area contributed by atoms with Gasteiger partial charge in [0.1, 0.15) is 0 Å². The number of benzene rings is 2. The number of halogens is 3. The minimum Gasteiger partial charge on any atom is -0.376 e. The van der Waals surface area contributed by atoms with Gasteiger partial charge in [0.25, 0.3) is 5.91 Å². The van der Waals surface area contributed by atoms with Gasteiger partial charge < -0.3 is 9.64 Å². The minimum atomic E-state index is -1.48. The molecule has 1 amide bonds. The Bertz CT molecular complexity index is 1280. The second-order valence-corrected chi connectivity index (χ2v) is 9.04. The zero-order chi connectivity index (χ0) is 22.9. The van der Waals surface area contributed by atoms with Crippen LogP contribution in [0, 0.1) is 17.5 Å². The highest BCUT2D eigenvalue weighted by Crippen LogP contribution is 2.46. The molecule has 1 saturated heterocycles. The van der Waals surface area contributed by atoms with E-state index in [4.69, 9.17) is 4.74 Å². The average molecular weight is 453 g/mol. The molecule has 170 valence electrons. The highest BCUT2D eigenvalue weighted by Gasteiger charge is 2.46. The van der Waals surface area contributed by atoms with E-state index < -0.39 is 17.5 Å². The maximum absolute atomic E-state index is 13.9. The van der Waals surface area contributed by atoms with Crippen molar-refractivity contribution in [2.24, 2.45) is 7.05 Å². The number of fused-ring (bicyclic) bond motifs is 5. The third kappa shape index (κ3) is 3.11. The van der Waals surface area contributed by atoms with Gasteiger partial charge in [-0.05, 0) is 61.1 Å². The lowest BCUT2D eigenvalue weighted by atomic mass is 9.93. The van der Waals surface area contributed by atoms with Gasteiger partial charge in [-0.2, -0.15) is 5.10 Å². The number of amides is 1. The molecular weight excluding hydrogens is 431 g/mol. The molecule has 4 heterocycles. The summed E-state index contributed by atoms with van der Waals surface area (Å²) in [4.78, 5) is 15.5. The van der Waals surface area contributed by atoms with E-state index in [2.05, 4.69) is 5.10 Å². The number of nitrogens with zero attached hydrogens (tertiary/aromatic N) is 3. The van der Waals surface area contributed by atoms with Crippen molar-refractivity contribution >= 4 is 5.91 Å². The zero-order valence-corrected chi connectivity index (χ0v) is 18.1. The van der Waals surface area contributed by atoms with Crippen LogP contribution in [0.3, 0.4) is 0 Å². The van der Waals surface area contributed by atoms with Crippen LogP contribution < -0.4 is 0 Å². The van der Waals surface area contributed by atoms with Gasteiger partial charge in [-0.25, -0.2) is 13.2 Å². The summed E-state index contributed by atoms with van der Waals surface area (Å²) in [6.45, 7) is 1.21. The number of aromatic nitrogens is 2. The van der Waals surface area contributed by atoms with Crippen LogP contribution in [0.25, 0.3) is 11.3 Å². The normalized spacial score (nSPS) is 21.2. The molecule has 2 aromatic carbocycles. The second kappa shape index (κ2) is 7.45. The Hall–Kier alpha value is -3.13. The number of rotatable bonds is 2. The minimum absolute atomic E-state index is 0.0274. The number of ether oxygens (including phenoxy) is 1. The Balaban J connectivity index is 1.38. The van der Waals surface area contributed by atoms with Gasteiger partial charge in [-0.3, -0.25) is 9.48 Å². The van der Waals surface area contributed by atoms with Crippen molar-refractivity contribution in [2.45, 2.75) is 44.4 Å². The SMILES string of the molecule is Cn1nc2c(c1-c1cc(F)c(F)c(F)c1)C[C@@H]1CC[C@H]2N1C(=O)c1ccc2c(c1)COCC2. The highest BCUT2D eigenvalue weighted by molar-refractivity contribution is 5.95. The smallest absolute Gasteiger partial charge is 0.254 e. The summed E-state index contributed by atoms with van der Waals surface area (Å²) in [5.41, 5.74) is 5.35. The Morgan fingerprint density at radius 2 is 1.88 bits per heavy atom. The summed E-state index contributed by atoms with van der Waals surface area (Å²) in [5, 5.41) is 4.65. The first-order chi connectivity index (χ1) is 15.9. The average Bonchev–Trinajstić information content (AvgIpc) is 3.32. The summed E-state index contributed by atoms with van der Waals surface area (Å²) in [7, 11) is 1.70. The monoisotopic (exact) mass is 453 g/mol. The molecule has 3 aliphatic heterocycles. The van der Waals surface area contributed by atoms with Gasteiger partial charge in [0, 0.05) is 29.8 Å². The van der Waals surface area contributed by atoms with Crippen LogP contribution in [0.2, 0.25) is 0 Å². The maximum atomic E-state index is 13.9. The standard InChI is InChI=1S/C25H22F3N3O2/c1-30-24(15-9-19(26)22(28)20(27)10-15)18-11-17-4-5-21(23(18)29-30)31(17)25(32)14-3-2-13-6-7-33-12-16(13)8-14/h2-3,8-10,17,21H,4-7,11-12H2,1H3/t17-,21+/m0/s1. The van der Waals surface area contributed by atoms with Crippen molar-refractivity contribution in [3.63, 3.8) is 0 Å². The van der Waals surface area contributed by atoms with Crippen LogP contribution in [0.1, 0.15) is 51.6 Å². The van der Waals surface area contributed by atoms with Crippen LogP contribution in [0.5, 0.6) is 0 Å². The molecule has 6 rings (SSSR count). The topological polar surface area (TPSA) is 47.4 Å². The van der Waals surface area contributed by atoms with Gasteiger partial charge in [0.2, 0.25) is 0 Å². The third-order valence-electron chi connectivity index (χ3n) is 7.15. The quantitative estimate of drug-likeness (QED) is 0.538. The van der Waals surface area contributed by atoms with Crippen molar-refractivity contribution in [2.75, 3.05) is 6.61 Å². The van der Waals surface area contributed by atoms with Gasteiger partial charge in [-0.1, -0.05) is 6.07 Å². The molecule has 3 aromatic rings. The molecule has 0 N–H and O–H groups in total. The van der Waals surface area contributed by atoms with Crippen LogP contribution >= 0.6 is 0 Å². The van der Waals surface area contributed by atoms with Crippen LogP contribution in [0.4, 0.5) is 13.2 Å². The largest absolute Gasteiger partial charge is 0.376 e. The lowest BCUT2D eigenvalue weighted by Gasteiger charge is -2.34. The van der Waals surface area contributed by atoms with Crippen molar-refractivity contribution in [3.8, 4) is 11.3 Å². The first-order valence-corrected chi connectivity index (χ1v) is 11.1.